The molecule has 2 atom stereocenters. The SMILES string of the molecule is N#Cc1ccc(N2CCC([C@@H]3CN(C(=O)c4cccs4)C[C@H]3C(N)=O)CC2)cc1C(F)(F)F. The molecule has 3 heterocycles. The van der Waals surface area contributed by atoms with Gasteiger partial charge in [0.1, 0.15) is 0 Å². The van der Waals surface area contributed by atoms with Gasteiger partial charge in [-0.1, -0.05) is 6.07 Å². The van der Waals surface area contributed by atoms with E-state index >= 15 is 0 Å². The summed E-state index contributed by atoms with van der Waals surface area (Å²) in [5, 5.41) is 10.8. The topological polar surface area (TPSA) is 90.4 Å². The Morgan fingerprint density at radius 2 is 1.88 bits per heavy atom. The van der Waals surface area contributed by atoms with Crippen molar-refractivity contribution in [3.05, 3.63) is 51.7 Å². The van der Waals surface area contributed by atoms with Crippen molar-refractivity contribution in [1.29, 1.82) is 5.26 Å². The van der Waals surface area contributed by atoms with E-state index in [1.165, 1.54) is 23.5 Å². The third-order valence-corrected chi connectivity index (χ3v) is 7.55. The van der Waals surface area contributed by atoms with Gasteiger partial charge in [0.05, 0.1) is 28.0 Å². The second-order valence-corrected chi connectivity index (χ2v) is 9.47. The van der Waals surface area contributed by atoms with Gasteiger partial charge in [0.2, 0.25) is 5.91 Å². The summed E-state index contributed by atoms with van der Waals surface area (Å²) in [7, 11) is 0. The number of primary amides is 1. The van der Waals surface area contributed by atoms with E-state index in [-0.39, 0.29) is 17.7 Å². The smallest absolute Gasteiger partial charge is 0.372 e. The molecule has 2 amide bonds. The first-order valence-corrected chi connectivity index (χ1v) is 11.6. The highest BCUT2D eigenvalue weighted by Gasteiger charge is 2.43. The van der Waals surface area contributed by atoms with Crippen molar-refractivity contribution >= 4 is 28.8 Å². The van der Waals surface area contributed by atoms with Gasteiger partial charge in [0.15, 0.2) is 0 Å². The van der Waals surface area contributed by atoms with Gasteiger partial charge in [-0.15, -0.1) is 11.3 Å². The van der Waals surface area contributed by atoms with Gasteiger partial charge in [-0.05, 0) is 54.3 Å². The van der Waals surface area contributed by atoms with E-state index in [0.29, 0.717) is 49.6 Å². The van der Waals surface area contributed by atoms with Crippen molar-refractivity contribution in [1.82, 2.24) is 4.90 Å². The van der Waals surface area contributed by atoms with Gasteiger partial charge < -0.3 is 15.5 Å². The number of nitrogens with two attached hydrogens (primary N) is 1. The number of nitrogens with zero attached hydrogens (tertiary/aromatic N) is 3. The number of alkyl halides is 3. The van der Waals surface area contributed by atoms with E-state index in [1.54, 1.807) is 23.1 Å². The maximum absolute atomic E-state index is 13.3. The minimum atomic E-state index is -4.60. The molecule has 0 unspecified atom stereocenters. The number of anilines is 1. The third kappa shape index (κ3) is 4.69. The molecule has 2 aliphatic heterocycles. The number of nitriles is 1. The highest BCUT2D eigenvalue weighted by molar-refractivity contribution is 7.12. The van der Waals surface area contributed by atoms with Crippen molar-refractivity contribution in [2.75, 3.05) is 31.1 Å². The van der Waals surface area contributed by atoms with Crippen LogP contribution in [0.1, 0.15) is 33.6 Å². The van der Waals surface area contributed by atoms with Crippen molar-refractivity contribution in [2.45, 2.75) is 19.0 Å². The molecule has 0 aliphatic carbocycles. The molecule has 33 heavy (non-hydrogen) atoms. The Morgan fingerprint density at radius 3 is 2.45 bits per heavy atom. The number of hydrogen-bond donors (Lipinski definition) is 1. The van der Waals surface area contributed by atoms with Gasteiger partial charge in [0, 0.05) is 31.9 Å². The summed E-state index contributed by atoms with van der Waals surface area (Å²) in [6.45, 7) is 1.79. The number of piperidine rings is 1. The Bertz CT molecular complexity index is 1070. The number of thiophene rings is 1. The molecule has 0 saturated carbocycles. The molecule has 4 rings (SSSR count). The number of benzene rings is 1. The standard InChI is InChI=1S/C23H23F3N4O2S/c24-23(25,26)19-10-16(4-3-15(19)11-27)29-7-5-14(6-8-29)17-12-30(13-18(17)21(28)31)22(32)20-2-1-9-33-20/h1-4,9-10,14,17-18H,5-8,12-13H2,(H2,28,31)/t17-,18+/m0/s1. The highest BCUT2D eigenvalue weighted by Crippen LogP contribution is 2.39. The molecule has 0 radical (unpaired) electrons. The molecule has 10 heteroatoms. The second kappa shape index (κ2) is 9.06. The fourth-order valence-electron chi connectivity index (χ4n) is 4.98. The van der Waals surface area contributed by atoms with Crippen LogP contribution in [0.5, 0.6) is 0 Å². The maximum Gasteiger partial charge on any atom is 0.417 e. The van der Waals surface area contributed by atoms with Crippen LogP contribution < -0.4 is 10.6 Å². The van der Waals surface area contributed by atoms with Crippen molar-refractivity contribution in [2.24, 2.45) is 23.5 Å². The van der Waals surface area contributed by atoms with Crippen LogP contribution >= 0.6 is 11.3 Å². The normalized spacial score (nSPS) is 21.8. The largest absolute Gasteiger partial charge is 0.417 e. The van der Waals surface area contributed by atoms with Crippen LogP contribution in [0.4, 0.5) is 18.9 Å². The monoisotopic (exact) mass is 476 g/mol. The van der Waals surface area contributed by atoms with Crippen molar-refractivity contribution in [3.63, 3.8) is 0 Å². The Morgan fingerprint density at radius 1 is 1.15 bits per heavy atom. The van der Waals surface area contributed by atoms with Crippen LogP contribution in [0.25, 0.3) is 0 Å². The Labute approximate surface area is 193 Å². The summed E-state index contributed by atoms with van der Waals surface area (Å²) >= 11 is 1.35. The van der Waals surface area contributed by atoms with Crippen LogP contribution in [-0.2, 0) is 11.0 Å². The molecule has 2 fully saturated rings. The maximum atomic E-state index is 13.3. The Hall–Kier alpha value is -3.06. The fraction of sp³-hybridized carbons (Fsp3) is 0.435. The zero-order chi connectivity index (χ0) is 23.8. The second-order valence-electron chi connectivity index (χ2n) is 8.52. The molecule has 0 spiro atoms. The quantitative estimate of drug-likeness (QED) is 0.728. The lowest BCUT2D eigenvalue weighted by atomic mass is 9.78. The Balaban J connectivity index is 1.45. The lowest BCUT2D eigenvalue weighted by Gasteiger charge is -2.37. The Kier molecular flexibility index (Phi) is 6.34. The molecule has 0 bridgehead atoms. The summed E-state index contributed by atoms with van der Waals surface area (Å²) in [5.74, 6) is -0.892. The van der Waals surface area contributed by atoms with Crippen LogP contribution in [0.15, 0.2) is 35.7 Å². The lowest BCUT2D eigenvalue weighted by molar-refractivity contribution is -0.137. The zero-order valence-corrected chi connectivity index (χ0v) is 18.5. The number of amides is 2. The van der Waals surface area contributed by atoms with Gasteiger partial charge in [-0.2, -0.15) is 18.4 Å². The summed E-state index contributed by atoms with van der Waals surface area (Å²) in [6, 6.07) is 8.94. The van der Waals surface area contributed by atoms with Crippen LogP contribution in [0.3, 0.4) is 0 Å². The number of rotatable bonds is 4. The average molecular weight is 477 g/mol. The summed E-state index contributed by atoms with van der Waals surface area (Å²) in [6.07, 6.45) is -3.25. The van der Waals surface area contributed by atoms with Gasteiger partial charge in [-0.25, -0.2) is 0 Å². The highest BCUT2D eigenvalue weighted by atomic mass is 32.1. The molecule has 174 valence electrons. The van der Waals surface area contributed by atoms with Crippen LogP contribution in [0.2, 0.25) is 0 Å². The number of halogens is 3. The predicted molar refractivity (Wildman–Crippen MR) is 117 cm³/mol. The first-order chi connectivity index (χ1) is 15.7. The predicted octanol–water partition coefficient (Wildman–Crippen LogP) is 3.73. The molecule has 2 N–H and O–H groups in total. The number of likely N-dealkylation sites (tertiary alicyclic amines) is 1. The molecule has 2 aromatic rings. The van der Waals surface area contributed by atoms with E-state index in [2.05, 4.69) is 0 Å². The number of carbonyl (C=O) groups excluding carboxylic acids is 2. The first-order valence-electron chi connectivity index (χ1n) is 10.7. The van der Waals surface area contributed by atoms with E-state index in [4.69, 9.17) is 11.0 Å². The molecular weight excluding hydrogens is 453 g/mol. The third-order valence-electron chi connectivity index (χ3n) is 6.69. The number of carbonyl (C=O) groups is 2. The van der Waals surface area contributed by atoms with E-state index in [0.717, 1.165) is 6.07 Å². The van der Waals surface area contributed by atoms with E-state index in [9.17, 15) is 22.8 Å². The van der Waals surface area contributed by atoms with Crippen molar-refractivity contribution in [3.8, 4) is 6.07 Å². The zero-order valence-electron chi connectivity index (χ0n) is 17.7. The molecule has 6 nitrogen and oxygen atoms in total. The van der Waals surface area contributed by atoms with Gasteiger partial charge in [-0.3, -0.25) is 9.59 Å². The lowest BCUT2D eigenvalue weighted by Crippen LogP contribution is -2.40. The van der Waals surface area contributed by atoms with Crippen molar-refractivity contribution < 1.29 is 22.8 Å². The number of hydrogen-bond acceptors (Lipinski definition) is 5. The van der Waals surface area contributed by atoms with E-state index in [1.807, 2.05) is 10.3 Å². The van der Waals surface area contributed by atoms with Crippen LogP contribution in [-0.4, -0.2) is 42.9 Å². The van der Waals surface area contributed by atoms with E-state index < -0.39 is 29.1 Å². The summed E-state index contributed by atoms with van der Waals surface area (Å²) < 4.78 is 40.0. The summed E-state index contributed by atoms with van der Waals surface area (Å²) in [5.41, 5.74) is 4.75. The summed E-state index contributed by atoms with van der Waals surface area (Å²) in [4.78, 5) is 29.1. The molecular formula is C23H23F3N4O2S. The fourth-order valence-corrected chi connectivity index (χ4v) is 5.67. The average Bonchev–Trinajstić information content (AvgIpc) is 3.48. The molecule has 2 saturated heterocycles. The van der Waals surface area contributed by atoms with Gasteiger partial charge in [0.25, 0.3) is 5.91 Å². The molecule has 1 aromatic carbocycles. The minimum Gasteiger partial charge on any atom is -0.372 e. The molecule has 1 aromatic heterocycles. The van der Waals surface area contributed by atoms with Crippen LogP contribution in [0, 0.1) is 29.1 Å². The minimum absolute atomic E-state index is 0.0692. The van der Waals surface area contributed by atoms with Gasteiger partial charge >= 0.3 is 6.18 Å². The molecule has 2 aliphatic rings. The first kappa shape index (κ1) is 23.1.